The van der Waals surface area contributed by atoms with E-state index in [1.54, 1.807) is 0 Å². The Balaban J connectivity index is 3.11. The summed E-state index contributed by atoms with van der Waals surface area (Å²) in [7, 11) is 0. The molecule has 0 radical (unpaired) electrons. The van der Waals surface area contributed by atoms with Crippen molar-refractivity contribution in [2.75, 3.05) is 0 Å². The molecule has 0 heterocycles. The van der Waals surface area contributed by atoms with E-state index in [-0.39, 0.29) is 5.97 Å². The second-order valence-electron chi connectivity index (χ2n) is 4.41. The number of nitrogens with two attached hydrogens (primary N) is 1. The summed E-state index contributed by atoms with van der Waals surface area (Å²) in [6.07, 6.45) is 10.6. The molecule has 0 fully saturated rings. The fourth-order valence-corrected chi connectivity index (χ4v) is 1.75. The van der Waals surface area contributed by atoms with Crippen LogP contribution in [0.2, 0.25) is 0 Å². The van der Waals surface area contributed by atoms with E-state index in [0.29, 0.717) is 0 Å². The van der Waals surface area contributed by atoms with Crippen LogP contribution in [0, 0.1) is 0 Å². The summed E-state index contributed by atoms with van der Waals surface area (Å²) in [6.45, 7) is 3.63. The molecule has 3 nitrogen and oxygen atoms in total. The van der Waals surface area contributed by atoms with Crippen molar-refractivity contribution >= 4 is 5.97 Å². The molecule has 16 heavy (non-hydrogen) atoms. The van der Waals surface area contributed by atoms with E-state index in [4.69, 9.17) is 10.5 Å². The predicted octanol–water partition coefficient (Wildman–Crippen LogP) is 3.37. The fourth-order valence-electron chi connectivity index (χ4n) is 1.75. The average Bonchev–Trinajstić information content (AvgIpc) is 2.21. The zero-order chi connectivity index (χ0) is 12.2. The summed E-state index contributed by atoms with van der Waals surface area (Å²) in [4.78, 5) is 10.6. The fraction of sp³-hybridized carbons (Fsp3) is 0.923. The first-order chi connectivity index (χ1) is 7.66. The normalized spacial score (nSPS) is 12.4. The summed E-state index contributed by atoms with van der Waals surface area (Å²) in [6, 6.07) is 0. The molecule has 0 aliphatic carbocycles. The van der Waals surface area contributed by atoms with Crippen LogP contribution >= 0.6 is 0 Å². The molecular weight excluding hydrogens is 202 g/mol. The van der Waals surface area contributed by atoms with E-state index in [9.17, 15) is 4.79 Å². The monoisotopic (exact) mass is 229 g/mol. The smallest absolute Gasteiger partial charge is 0.304 e. The van der Waals surface area contributed by atoms with Gasteiger partial charge in [0.15, 0.2) is 6.23 Å². The zero-order valence-electron chi connectivity index (χ0n) is 10.8. The van der Waals surface area contributed by atoms with E-state index in [1.807, 2.05) is 0 Å². The molecule has 0 amide bonds. The van der Waals surface area contributed by atoms with Gasteiger partial charge < -0.3 is 4.74 Å². The van der Waals surface area contributed by atoms with Gasteiger partial charge in [0.2, 0.25) is 0 Å². The highest BCUT2D eigenvalue weighted by Crippen LogP contribution is 2.10. The summed E-state index contributed by atoms with van der Waals surface area (Å²) in [5.41, 5.74) is 5.61. The van der Waals surface area contributed by atoms with Crippen molar-refractivity contribution < 1.29 is 9.53 Å². The van der Waals surface area contributed by atoms with Crippen molar-refractivity contribution in [3.05, 3.63) is 0 Å². The molecule has 1 unspecified atom stereocenters. The van der Waals surface area contributed by atoms with Crippen LogP contribution in [0.3, 0.4) is 0 Å². The second kappa shape index (κ2) is 10.9. The first-order valence-corrected chi connectivity index (χ1v) is 6.59. The molecule has 0 spiro atoms. The minimum absolute atomic E-state index is 0.285. The lowest BCUT2D eigenvalue weighted by molar-refractivity contribution is -0.146. The standard InChI is InChI=1S/C13H27NO2/c1-3-4-5-6-7-8-9-10-11-13(14)16-12(2)15/h13H,3-11,14H2,1-2H3. The minimum atomic E-state index is -0.405. The lowest BCUT2D eigenvalue weighted by Crippen LogP contribution is -2.25. The SMILES string of the molecule is CCCCCCCCCCC(N)OC(C)=O. The van der Waals surface area contributed by atoms with Crippen molar-refractivity contribution in [3.8, 4) is 0 Å². The number of hydrogen-bond acceptors (Lipinski definition) is 3. The van der Waals surface area contributed by atoms with Crippen LogP contribution in [0.25, 0.3) is 0 Å². The van der Waals surface area contributed by atoms with Crippen molar-refractivity contribution in [1.29, 1.82) is 0 Å². The number of esters is 1. The van der Waals surface area contributed by atoms with Crippen LogP contribution < -0.4 is 5.73 Å². The summed E-state index contributed by atoms with van der Waals surface area (Å²) in [5, 5.41) is 0. The number of rotatable bonds is 10. The first kappa shape index (κ1) is 15.4. The van der Waals surface area contributed by atoms with Gasteiger partial charge in [-0.25, -0.2) is 0 Å². The summed E-state index contributed by atoms with van der Waals surface area (Å²) >= 11 is 0. The lowest BCUT2D eigenvalue weighted by Gasteiger charge is -2.10. The van der Waals surface area contributed by atoms with Crippen LogP contribution in [0.15, 0.2) is 0 Å². The molecule has 96 valence electrons. The van der Waals surface area contributed by atoms with Crippen LogP contribution in [0.4, 0.5) is 0 Å². The van der Waals surface area contributed by atoms with Gasteiger partial charge in [-0.3, -0.25) is 10.5 Å². The van der Waals surface area contributed by atoms with E-state index in [2.05, 4.69) is 6.92 Å². The third kappa shape index (κ3) is 11.5. The van der Waals surface area contributed by atoms with Crippen molar-refractivity contribution in [3.63, 3.8) is 0 Å². The van der Waals surface area contributed by atoms with Crippen molar-refractivity contribution in [1.82, 2.24) is 0 Å². The van der Waals surface area contributed by atoms with Gasteiger partial charge in [0.1, 0.15) is 0 Å². The summed E-state index contributed by atoms with van der Waals surface area (Å²) in [5.74, 6) is -0.285. The molecular formula is C13H27NO2. The third-order valence-electron chi connectivity index (χ3n) is 2.66. The lowest BCUT2D eigenvalue weighted by atomic mass is 10.1. The van der Waals surface area contributed by atoms with Crippen LogP contribution in [-0.4, -0.2) is 12.2 Å². The second-order valence-corrected chi connectivity index (χ2v) is 4.41. The molecule has 0 bridgehead atoms. The molecule has 0 aliphatic rings. The van der Waals surface area contributed by atoms with E-state index >= 15 is 0 Å². The van der Waals surface area contributed by atoms with Crippen molar-refractivity contribution in [2.45, 2.75) is 77.9 Å². The number of hydrogen-bond donors (Lipinski definition) is 1. The Hall–Kier alpha value is -0.570. The van der Waals surface area contributed by atoms with Crippen LogP contribution in [0.1, 0.15) is 71.6 Å². The minimum Gasteiger partial charge on any atom is -0.447 e. The van der Waals surface area contributed by atoms with Gasteiger partial charge in [-0.1, -0.05) is 51.9 Å². The number of unbranched alkanes of at least 4 members (excludes halogenated alkanes) is 7. The van der Waals surface area contributed by atoms with E-state index < -0.39 is 6.23 Å². The van der Waals surface area contributed by atoms with Crippen LogP contribution in [0.5, 0.6) is 0 Å². The van der Waals surface area contributed by atoms with Crippen molar-refractivity contribution in [2.24, 2.45) is 5.73 Å². The Morgan fingerprint density at radius 3 is 2.06 bits per heavy atom. The molecule has 0 aromatic heterocycles. The maximum Gasteiger partial charge on any atom is 0.304 e. The highest BCUT2D eigenvalue weighted by Gasteiger charge is 2.04. The third-order valence-corrected chi connectivity index (χ3v) is 2.66. The maximum absolute atomic E-state index is 10.6. The van der Waals surface area contributed by atoms with Gasteiger partial charge in [0, 0.05) is 6.92 Å². The largest absolute Gasteiger partial charge is 0.447 e. The highest BCUT2D eigenvalue weighted by atomic mass is 16.5. The van der Waals surface area contributed by atoms with Crippen LogP contribution in [-0.2, 0) is 9.53 Å². The summed E-state index contributed by atoms with van der Waals surface area (Å²) < 4.78 is 4.85. The van der Waals surface area contributed by atoms with E-state index in [0.717, 1.165) is 12.8 Å². The topological polar surface area (TPSA) is 52.3 Å². The Kier molecular flexibility index (Phi) is 10.5. The average molecular weight is 229 g/mol. The van der Waals surface area contributed by atoms with E-state index in [1.165, 1.54) is 51.9 Å². The Morgan fingerprint density at radius 2 is 1.56 bits per heavy atom. The van der Waals surface area contributed by atoms with Gasteiger partial charge >= 0.3 is 5.97 Å². The first-order valence-electron chi connectivity index (χ1n) is 6.59. The van der Waals surface area contributed by atoms with Gasteiger partial charge in [-0.2, -0.15) is 0 Å². The van der Waals surface area contributed by atoms with Gasteiger partial charge in [0.25, 0.3) is 0 Å². The quantitative estimate of drug-likeness (QED) is 0.355. The number of ether oxygens (including phenoxy) is 1. The van der Waals surface area contributed by atoms with Gasteiger partial charge in [0.05, 0.1) is 0 Å². The molecule has 0 saturated heterocycles. The molecule has 2 N–H and O–H groups in total. The predicted molar refractivity (Wildman–Crippen MR) is 67.0 cm³/mol. The molecule has 3 heteroatoms. The highest BCUT2D eigenvalue weighted by molar-refractivity contribution is 5.66. The zero-order valence-corrected chi connectivity index (χ0v) is 10.8. The molecule has 0 aromatic rings. The number of carbonyl (C=O) groups excluding carboxylic acids is 1. The molecule has 1 atom stereocenters. The van der Waals surface area contributed by atoms with Gasteiger partial charge in [-0.05, 0) is 12.8 Å². The Labute approximate surface area is 99.7 Å². The molecule has 0 rings (SSSR count). The Bertz CT molecular complexity index is 171. The molecule has 0 saturated carbocycles. The maximum atomic E-state index is 10.6. The molecule has 0 aromatic carbocycles. The molecule has 0 aliphatic heterocycles. The number of carbonyl (C=O) groups is 1. The Morgan fingerprint density at radius 1 is 1.06 bits per heavy atom. The van der Waals surface area contributed by atoms with Gasteiger partial charge in [-0.15, -0.1) is 0 Å².